The molecule has 1 heterocycles. The molecule has 100 valence electrons. The summed E-state index contributed by atoms with van der Waals surface area (Å²) in [7, 11) is 3.71. The van der Waals surface area contributed by atoms with Gasteiger partial charge in [-0.3, -0.25) is 0 Å². The molecule has 1 aliphatic heterocycles. The molecule has 0 radical (unpaired) electrons. The normalized spacial score (nSPS) is 25.1. The average molecular weight is 249 g/mol. The molecule has 0 bridgehead atoms. The molecule has 0 aliphatic carbocycles. The first kappa shape index (κ1) is 13.4. The van der Waals surface area contributed by atoms with E-state index in [2.05, 4.69) is 31.3 Å². The second-order valence-electron chi connectivity index (χ2n) is 5.07. The van der Waals surface area contributed by atoms with E-state index < -0.39 is 0 Å². The van der Waals surface area contributed by atoms with E-state index in [-0.39, 0.29) is 12.1 Å². The van der Waals surface area contributed by atoms with Gasteiger partial charge in [-0.2, -0.15) is 0 Å². The van der Waals surface area contributed by atoms with Crippen LogP contribution in [0.1, 0.15) is 36.9 Å². The van der Waals surface area contributed by atoms with Crippen LogP contribution in [0.4, 0.5) is 0 Å². The summed E-state index contributed by atoms with van der Waals surface area (Å²) in [5.41, 5.74) is 2.44. The van der Waals surface area contributed by atoms with Crippen LogP contribution in [0.15, 0.2) is 18.2 Å². The molecule has 3 unspecified atom stereocenters. The van der Waals surface area contributed by atoms with Crippen molar-refractivity contribution in [2.45, 2.75) is 44.9 Å². The molecule has 18 heavy (non-hydrogen) atoms. The van der Waals surface area contributed by atoms with Gasteiger partial charge in [0.05, 0.1) is 25.4 Å². The number of likely N-dealkylation sites (N-methyl/N-ethyl adjacent to an activating group) is 1. The van der Waals surface area contributed by atoms with E-state index in [1.807, 2.05) is 13.1 Å². The molecule has 0 spiro atoms. The van der Waals surface area contributed by atoms with E-state index in [9.17, 15) is 0 Å². The summed E-state index contributed by atoms with van der Waals surface area (Å²) in [6, 6.07) is 6.50. The third-order valence-electron chi connectivity index (χ3n) is 3.67. The number of nitrogens with one attached hydrogen (secondary N) is 1. The quantitative estimate of drug-likeness (QED) is 0.890. The van der Waals surface area contributed by atoms with Gasteiger partial charge in [-0.05, 0) is 39.8 Å². The van der Waals surface area contributed by atoms with Crippen molar-refractivity contribution in [1.82, 2.24) is 5.32 Å². The van der Waals surface area contributed by atoms with Crippen LogP contribution >= 0.6 is 0 Å². The number of aryl methyl sites for hydroxylation is 1. The van der Waals surface area contributed by atoms with Crippen LogP contribution in [0.25, 0.3) is 0 Å². The predicted molar refractivity (Wildman–Crippen MR) is 73.1 cm³/mol. The molecular formula is C15H23NO2. The molecule has 0 saturated carbocycles. The van der Waals surface area contributed by atoms with Crippen LogP contribution in [0.3, 0.4) is 0 Å². The SMILES string of the molecule is CNC(c1cc(C)ccc1OC)C1CCC(C)O1. The lowest BCUT2D eigenvalue weighted by Gasteiger charge is -2.25. The Bertz CT molecular complexity index is 405. The second kappa shape index (κ2) is 5.72. The molecule has 1 aromatic rings. The Labute approximate surface area is 109 Å². The Kier molecular flexibility index (Phi) is 4.25. The van der Waals surface area contributed by atoms with Gasteiger partial charge in [-0.15, -0.1) is 0 Å². The van der Waals surface area contributed by atoms with E-state index in [0.29, 0.717) is 6.10 Å². The highest BCUT2D eigenvalue weighted by atomic mass is 16.5. The van der Waals surface area contributed by atoms with Crippen molar-refractivity contribution in [3.05, 3.63) is 29.3 Å². The summed E-state index contributed by atoms with van der Waals surface area (Å²) in [6.07, 6.45) is 2.84. The molecule has 1 aliphatic rings. The van der Waals surface area contributed by atoms with E-state index in [4.69, 9.17) is 9.47 Å². The van der Waals surface area contributed by atoms with Crippen LogP contribution < -0.4 is 10.1 Å². The maximum Gasteiger partial charge on any atom is 0.123 e. The van der Waals surface area contributed by atoms with Crippen molar-refractivity contribution < 1.29 is 9.47 Å². The lowest BCUT2D eigenvalue weighted by Crippen LogP contribution is -2.30. The monoisotopic (exact) mass is 249 g/mol. The summed E-state index contributed by atoms with van der Waals surface area (Å²) in [4.78, 5) is 0. The zero-order valence-electron chi connectivity index (χ0n) is 11.7. The fourth-order valence-corrected chi connectivity index (χ4v) is 2.72. The highest BCUT2D eigenvalue weighted by Gasteiger charge is 2.31. The minimum atomic E-state index is 0.199. The highest BCUT2D eigenvalue weighted by Crippen LogP contribution is 2.34. The van der Waals surface area contributed by atoms with E-state index in [1.165, 1.54) is 11.1 Å². The van der Waals surface area contributed by atoms with Crippen molar-refractivity contribution >= 4 is 0 Å². The Hall–Kier alpha value is -1.06. The van der Waals surface area contributed by atoms with Gasteiger partial charge in [0.15, 0.2) is 0 Å². The molecule has 1 fully saturated rings. The largest absolute Gasteiger partial charge is 0.496 e. The second-order valence-corrected chi connectivity index (χ2v) is 5.07. The maximum atomic E-state index is 5.99. The Morgan fingerprint density at radius 1 is 1.39 bits per heavy atom. The van der Waals surface area contributed by atoms with E-state index in [1.54, 1.807) is 7.11 Å². The highest BCUT2D eigenvalue weighted by molar-refractivity contribution is 5.39. The molecule has 1 saturated heterocycles. The fraction of sp³-hybridized carbons (Fsp3) is 0.600. The van der Waals surface area contributed by atoms with Gasteiger partial charge < -0.3 is 14.8 Å². The maximum absolute atomic E-state index is 5.99. The van der Waals surface area contributed by atoms with Crippen LogP contribution in [0.5, 0.6) is 5.75 Å². The average Bonchev–Trinajstić information content (AvgIpc) is 2.77. The molecule has 0 amide bonds. The molecule has 3 nitrogen and oxygen atoms in total. The van der Waals surface area contributed by atoms with Crippen molar-refractivity contribution in [2.75, 3.05) is 14.2 Å². The number of ether oxygens (including phenoxy) is 2. The lowest BCUT2D eigenvalue weighted by atomic mass is 9.97. The summed E-state index contributed by atoms with van der Waals surface area (Å²) < 4.78 is 11.5. The van der Waals surface area contributed by atoms with Crippen molar-refractivity contribution in [1.29, 1.82) is 0 Å². The molecule has 1 N–H and O–H groups in total. The van der Waals surface area contributed by atoms with Crippen LogP contribution in [-0.4, -0.2) is 26.4 Å². The predicted octanol–water partition coefficient (Wildman–Crippen LogP) is 2.83. The number of benzene rings is 1. The molecular weight excluding hydrogens is 226 g/mol. The molecule has 1 aromatic carbocycles. The van der Waals surface area contributed by atoms with Crippen molar-refractivity contribution in [3.8, 4) is 5.75 Å². The smallest absolute Gasteiger partial charge is 0.123 e. The zero-order valence-corrected chi connectivity index (χ0v) is 11.7. The summed E-state index contributed by atoms with van der Waals surface area (Å²) in [5.74, 6) is 0.933. The number of rotatable bonds is 4. The summed E-state index contributed by atoms with van der Waals surface area (Å²) in [5, 5.41) is 3.38. The van der Waals surface area contributed by atoms with Crippen LogP contribution in [0.2, 0.25) is 0 Å². The minimum Gasteiger partial charge on any atom is -0.496 e. The van der Waals surface area contributed by atoms with Gasteiger partial charge in [0.1, 0.15) is 5.75 Å². The van der Waals surface area contributed by atoms with Gasteiger partial charge >= 0.3 is 0 Å². The Morgan fingerprint density at radius 3 is 2.72 bits per heavy atom. The molecule has 2 rings (SSSR count). The van der Waals surface area contributed by atoms with Gasteiger partial charge in [0.2, 0.25) is 0 Å². The van der Waals surface area contributed by atoms with Crippen molar-refractivity contribution in [3.63, 3.8) is 0 Å². The van der Waals surface area contributed by atoms with Crippen LogP contribution in [0, 0.1) is 6.92 Å². The lowest BCUT2D eigenvalue weighted by molar-refractivity contribution is 0.0328. The number of methoxy groups -OCH3 is 1. The van der Waals surface area contributed by atoms with Gasteiger partial charge in [0.25, 0.3) is 0 Å². The first-order valence-electron chi connectivity index (χ1n) is 6.63. The summed E-state index contributed by atoms with van der Waals surface area (Å²) in [6.45, 7) is 4.24. The first-order valence-corrected chi connectivity index (χ1v) is 6.63. The third-order valence-corrected chi connectivity index (χ3v) is 3.67. The van der Waals surface area contributed by atoms with Crippen molar-refractivity contribution in [2.24, 2.45) is 0 Å². The Balaban J connectivity index is 2.29. The standard InChI is InChI=1S/C15H23NO2/c1-10-5-7-13(17-4)12(9-10)15(16-3)14-8-6-11(2)18-14/h5,7,9,11,14-16H,6,8H2,1-4H3. The van der Waals surface area contributed by atoms with Gasteiger partial charge in [-0.25, -0.2) is 0 Å². The van der Waals surface area contributed by atoms with E-state index >= 15 is 0 Å². The number of hydrogen-bond acceptors (Lipinski definition) is 3. The topological polar surface area (TPSA) is 30.5 Å². The third kappa shape index (κ3) is 2.68. The molecule has 3 heteroatoms. The van der Waals surface area contributed by atoms with Crippen LogP contribution in [-0.2, 0) is 4.74 Å². The summed E-state index contributed by atoms with van der Waals surface area (Å²) >= 11 is 0. The first-order chi connectivity index (χ1) is 8.65. The van der Waals surface area contributed by atoms with Gasteiger partial charge in [0, 0.05) is 5.56 Å². The number of hydrogen-bond donors (Lipinski definition) is 1. The van der Waals surface area contributed by atoms with Gasteiger partial charge in [-0.1, -0.05) is 17.7 Å². The fourth-order valence-electron chi connectivity index (χ4n) is 2.72. The molecule has 3 atom stereocenters. The molecule has 0 aromatic heterocycles. The van der Waals surface area contributed by atoms with E-state index in [0.717, 1.165) is 18.6 Å². The zero-order chi connectivity index (χ0) is 13.1. The minimum absolute atomic E-state index is 0.199. The Morgan fingerprint density at radius 2 is 2.17 bits per heavy atom.